The number of benzene rings is 1. The van der Waals surface area contributed by atoms with Crippen molar-refractivity contribution in [1.29, 1.82) is 5.26 Å². The van der Waals surface area contributed by atoms with Crippen LogP contribution in [-0.4, -0.2) is 67.6 Å². The highest BCUT2D eigenvalue weighted by atomic mass is 16.5. The van der Waals surface area contributed by atoms with Crippen LogP contribution in [0.4, 0.5) is 0 Å². The molecular formula is C19H28N4O2. The summed E-state index contributed by atoms with van der Waals surface area (Å²) in [6.07, 6.45) is 0.957. The minimum absolute atomic E-state index is 0.118. The predicted octanol–water partition coefficient (Wildman–Crippen LogP) is 1.47. The summed E-state index contributed by atoms with van der Waals surface area (Å²) < 4.78 is 5.73. The summed E-state index contributed by atoms with van der Waals surface area (Å²) in [7, 11) is 0. The summed E-state index contributed by atoms with van der Waals surface area (Å²) in [5, 5.41) is 11.8. The molecule has 6 nitrogen and oxygen atoms in total. The third kappa shape index (κ3) is 6.73. The zero-order valence-corrected chi connectivity index (χ0v) is 15.2. The smallest absolute Gasteiger partial charge is 0.234 e. The average molecular weight is 344 g/mol. The fourth-order valence-electron chi connectivity index (χ4n) is 2.71. The molecular weight excluding hydrogens is 316 g/mol. The van der Waals surface area contributed by atoms with Crippen LogP contribution in [0.25, 0.3) is 0 Å². The van der Waals surface area contributed by atoms with Gasteiger partial charge in [0.15, 0.2) is 0 Å². The Morgan fingerprint density at radius 3 is 2.48 bits per heavy atom. The number of nitrogens with one attached hydrogen (secondary N) is 1. The maximum atomic E-state index is 11.9. The van der Waals surface area contributed by atoms with E-state index in [0.29, 0.717) is 18.7 Å². The van der Waals surface area contributed by atoms with Gasteiger partial charge < -0.3 is 10.1 Å². The number of hydrogen-bond acceptors (Lipinski definition) is 5. The molecule has 1 aromatic rings. The Bertz CT molecular complexity index is 574. The molecule has 25 heavy (non-hydrogen) atoms. The lowest BCUT2D eigenvalue weighted by Gasteiger charge is -2.34. The molecule has 1 aromatic carbocycles. The number of nitriles is 1. The van der Waals surface area contributed by atoms with E-state index in [9.17, 15) is 4.79 Å². The first-order chi connectivity index (χ1) is 12.1. The van der Waals surface area contributed by atoms with Crippen molar-refractivity contribution in [2.45, 2.75) is 26.3 Å². The van der Waals surface area contributed by atoms with Crippen molar-refractivity contribution in [2.24, 2.45) is 0 Å². The van der Waals surface area contributed by atoms with Crippen molar-refractivity contribution < 1.29 is 9.53 Å². The Balaban J connectivity index is 1.62. The normalized spacial score (nSPS) is 16.8. The molecule has 0 aliphatic carbocycles. The molecule has 1 N–H and O–H groups in total. The van der Waals surface area contributed by atoms with E-state index in [-0.39, 0.29) is 11.9 Å². The minimum atomic E-state index is 0.118. The number of nitrogens with zero attached hydrogens (tertiary/aromatic N) is 3. The summed E-state index contributed by atoms with van der Waals surface area (Å²) in [4.78, 5) is 16.5. The standard InChI is InChI=1S/C19H28N4O2/c1-3-16(2)21-19(24)15-23-10-8-22(9-11-23)12-13-25-18-6-4-17(14-20)5-7-18/h4-7,16H,3,8-13,15H2,1-2H3,(H,21,24). The molecule has 1 aliphatic heterocycles. The van der Waals surface area contributed by atoms with E-state index in [2.05, 4.69) is 28.1 Å². The van der Waals surface area contributed by atoms with Gasteiger partial charge >= 0.3 is 0 Å². The second kappa shape index (κ2) is 10.0. The van der Waals surface area contributed by atoms with Crippen LogP contribution >= 0.6 is 0 Å². The molecule has 0 spiro atoms. The lowest BCUT2D eigenvalue weighted by Crippen LogP contribution is -2.50. The van der Waals surface area contributed by atoms with Crippen LogP contribution < -0.4 is 10.1 Å². The molecule has 1 atom stereocenters. The van der Waals surface area contributed by atoms with E-state index in [0.717, 1.165) is 44.9 Å². The molecule has 0 saturated carbocycles. The highest BCUT2D eigenvalue weighted by Gasteiger charge is 2.19. The summed E-state index contributed by atoms with van der Waals surface area (Å²) in [5.74, 6) is 0.909. The fourth-order valence-corrected chi connectivity index (χ4v) is 2.71. The van der Waals surface area contributed by atoms with Crippen molar-refractivity contribution in [2.75, 3.05) is 45.9 Å². The van der Waals surface area contributed by atoms with E-state index in [4.69, 9.17) is 10.00 Å². The molecule has 0 radical (unpaired) electrons. The maximum absolute atomic E-state index is 11.9. The molecule has 1 aliphatic rings. The number of carbonyl (C=O) groups is 1. The SMILES string of the molecule is CCC(C)NC(=O)CN1CCN(CCOc2ccc(C#N)cc2)CC1. The van der Waals surface area contributed by atoms with Crippen molar-refractivity contribution in [1.82, 2.24) is 15.1 Å². The second-order valence-corrected chi connectivity index (χ2v) is 6.48. The number of ether oxygens (including phenoxy) is 1. The van der Waals surface area contributed by atoms with Gasteiger partial charge in [-0.2, -0.15) is 5.26 Å². The molecule has 0 aromatic heterocycles. The minimum Gasteiger partial charge on any atom is -0.492 e. The topological polar surface area (TPSA) is 68.6 Å². The van der Waals surface area contributed by atoms with Gasteiger partial charge in [-0.05, 0) is 37.6 Å². The highest BCUT2D eigenvalue weighted by molar-refractivity contribution is 5.78. The Kier molecular flexibility index (Phi) is 7.71. The zero-order chi connectivity index (χ0) is 18.1. The predicted molar refractivity (Wildman–Crippen MR) is 97.4 cm³/mol. The zero-order valence-electron chi connectivity index (χ0n) is 15.2. The van der Waals surface area contributed by atoms with Gasteiger partial charge in [-0.25, -0.2) is 0 Å². The lowest BCUT2D eigenvalue weighted by atomic mass is 10.2. The van der Waals surface area contributed by atoms with E-state index in [1.165, 1.54) is 0 Å². The van der Waals surface area contributed by atoms with Gasteiger partial charge in [0.25, 0.3) is 0 Å². The average Bonchev–Trinajstić information content (AvgIpc) is 2.63. The molecule has 2 rings (SSSR count). The van der Waals surface area contributed by atoms with Crippen LogP contribution in [0.15, 0.2) is 24.3 Å². The molecule has 1 amide bonds. The molecule has 1 unspecified atom stereocenters. The van der Waals surface area contributed by atoms with Crippen molar-refractivity contribution in [3.63, 3.8) is 0 Å². The number of carbonyl (C=O) groups excluding carboxylic acids is 1. The fraction of sp³-hybridized carbons (Fsp3) is 0.579. The highest BCUT2D eigenvalue weighted by Crippen LogP contribution is 2.11. The summed E-state index contributed by atoms with van der Waals surface area (Å²) >= 11 is 0. The summed E-state index contributed by atoms with van der Waals surface area (Å²) in [6.45, 7) is 9.80. The first-order valence-electron chi connectivity index (χ1n) is 8.97. The van der Waals surface area contributed by atoms with Crippen molar-refractivity contribution in [3.05, 3.63) is 29.8 Å². The molecule has 1 fully saturated rings. The molecule has 6 heteroatoms. The number of rotatable bonds is 8. The van der Waals surface area contributed by atoms with E-state index < -0.39 is 0 Å². The van der Waals surface area contributed by atoms with Crippen LogP contribution in [0.2, 0.25) is 0 Å². The number of amides is 1. The third-order valence-electron chi connectivity index (χ3n) is 4.51. The maximum Gasteiger partial charge on any atom is 0.234 e. The van der Waals surface area contributed by atoms with E-state index >= 15 is 0 Å². The van der Waals surface area contributed by atoms with E-state index in [1.807, 2.05) is 19.1 Å². The van der Waals surface area contributed by atoms with Crippen LogP contribution in [0, 0.1) is 11.3 Å². The van der Waals surface area contributed by atoms with Crippen LogP contribution in [0.3, 0.4) is 0 Å². The summed E-state index contributed by atoms with van der Waals surface area (Å²) in [5.41, 5.74) is 0.640. The van der Waals surface area contributed by atoms with Gasteiger partial charge in [0, 0.05) is 38.8 Å². The summed E-state index contributed by atoms with van der Waals surface area (Å²) in [6, 6.07) is 9.52. The van der Waals surface area contributed by atoms with Gasteiger partial charge in [0.05, 0.1) is 18.2 Å². The molecule has 1 heterocycles. The Hall–Kier alpha value is -2.10. The van der Waals surface area contributed by atoms with Gasteiger partial charge in [0.1, 0.15) is 12.4 Å². The van der Waals surface area contributed by atoms with Gasteiger partial charge in [-0.15, -0.1) is 0 Å². The number of hydrogen-bond donors (Lipinski definition) is 1. The Morgan fingerprint density at radius 1 is 1.24 bits per heavy atom. The Morgan fingerprint density at radius 2 is 1.88 bits per heavy atom. The van der Waals surface area contributed by atoms with Gasteiger partial charge in [-0.3, -0.25) is 14.6 Å². The van der Waals surface area contributed by atoms with Gasteiger partial charge in [-0.1, -0.05) is 6.92 Å². The second-order valence-electron chi connectivity index (χ2n) is 6.48. The van der Waals surface area contributed by atoms with E-state index in [1.54, 1.807) is 12.1 Å². The van der Waals surface area contributed by atoms with Crippen molar-refractivity contribution >= 4 is 5.91 Å². The van der Waals surface area contributed by atoms with Crippen LogP contribution in [-0.2, 0) is 4.79 Å². The largest absolute Gasteiger partial charge is 0.492 e. The quantitative estimate of drug-likeness (QED) is 0.773. The first kappa shape index (κ1) is 19.2. The lowest BCUT2D eigenvalue weighted by molar-refractivity contribution is -0.123. The molecule has 136 valence electrons. The molecule has 0 bridgehead atoms. The first-order valence-corrected chi connectivity index (χ1v) is 8.97. The molecule has 1 saturated heterocycles. The van der Waals surface area contributed by atoms with Crippen LogP contribution in [0.1, 0.15) is 25.8 Å². The third-order valence-corrected chi connectivity index (χ3v) is 4.51. The van der Waals surface area contributed by atoms with Gasteiger partial charge in [0.2, 0.25) is 5.91 Å². The Labute approximate surface area is 150 Å². The van der Waals surface area contributed by atoms with Crippen molar-refractivity contribution in [3.8, 4) is 11.8 Å². The van der Waals surface area contributed by atoms with Crippen LogP contribution in [0.5, 0.6) is 5.75 Å². The number of piperazine rings is 1. The monoisotopic (exact) mass is 344 g/mol.